The first-order chi connectivity index (χ1) is 10.5. The first-order valence-electron chi connectivity index (χ1n) is 7.00. The second-order valence-electron chi connectivity index (χ2n) is 4.53. The van der Waals surface area contributed by atoms with Crippen molar-refractivity contribution in [1.29, 1.82) is 0 Å². The molecule has 0 radical (unpaired) electrons. The quantitative estimate of drug-likeness (QED) is 0.829. The van der Waals surface area contributed by atoms with Crippen LogP contribution in [0.25, 0.3) is 0 Å². The van der Waals surface area contributed by atoms with E-state index in [4.69, 9.17) is 26.8 Å². The lowest BCUT2D eigenvalue weighted by Crippen LogP contribution is -2.01. The molecule has 0 aliphatic rings. The van der Waals surface area contributed by atoms with Crippen molar-refractivity contribution in [3.05, 3.63) is 34.6 Å². The molecule has 7 heteroatoms. The normalized spacial score (nSPS) is 11.1. The maximum Gasteiger partial charge on any atom is 0.221 e. The van der Waals surface area contributed by atoms with Crippen molar-refractivity contribution in [2.24, 2.45) is 5.10 Å². The van der Waals surface area contributed by atoms with Crippen LogP contribution in [0.3, 0.4) is 0 Å². The van der Waals surface area contributed by atoms with Crippen LogP contribution < -0.4 is 15.2 Å². The zero-order chi connectivity index (χ0) is 16.1. The van der Waals surface area contributed by atoms with Crippen LogP contribution in [-0.4, -0.2) is 29.1 Å². The summed E-state index contributed by atoms with van der Waals surface area (Å²) in [6.45, 7) is 6.68. The fourth-order valence-corrected chi connectivity index (χ4v) is 2.21. The molecule has 1 heterocycles. The van der Waals surface area contributed by atoms with Crippen LogP contribution in [-0.2, 0) is 0 Å². The fourth-order valence-electron chi connectivity index (χ4n) is 1.94. The minimum atomic E-state index is 0.329. The number of nitrogens with zero attached hydrogens (tertiary/aromatic N) is 3. The molecule has 0 unspecified atom stereocenters. The molecule has 22 heavy (non-hydrogen) atoms. The monoisotopic (exact) mass is 322 g/mol. The Hall–Kier alpha value is -2.21. The Morgan fingerprint density at radius 3 is 2.64 bits per heavy atom. The van der Waals surface area contributed by atoms with Crippen molar-refractivity contribution in [3.63, 3.8) is 0 Å². The van der Waals surface area contributed by atoms with Crippen LogP contribution in [0.4, 0.5) is 5.95 Å². The molecule has 1 aromatic carbocycles. The number of imidazole rings is 1. The Kier molecular flexibility index (Phi) is 5.27. The first kappa shape index (κ1) is 16.2. The number of halogens is 1. The summed E-state index contributed by atoms with van der Waals surface area (Å²) in [7, 11) is 0. The second kappa shape index (κ2) is 7.17. The van der Waals surface area contributed by atoms with E-state index in [1.54, 1.807) is 18.5 Å². The summed E-state index contributed by atoms with van der Waals surface area (Å²) in [6.07, 6.45) is 3.38. The Morgan fingerprint density at radius 2 is 2.05 bits per heavy atom. The summed E-state index contributed by atoms with van der Waals surface area (Å²) in [5, 5.41) is 4.74. The van der Waals surface area contributed by atoms with Gasteiger partial charge in [-0.3, -0.25) is 0 Å². The molecule has 0 atom stereocenters. The van der Waals surface area contributed by atoms with E-state index in [0.717, 1.165) is 11.3 Å². The molecule has 0 saturated heterocycles. The number of rotatable bonds is 6. The smallest absolute Gasteiger partial charge is 0.221 e. The zero-order valence-electron chi connectivity index (χ0n) is 12.8. The average molecular weight is 323 g/mol. The minimum Gasteiger partial charge on any atom is -0.490 e. The number of nitrogens with two attached hydrogens (primary N) is 1. The molecule has 0 amide bonds. The van der Waals surface area contributed by atoms with E-state index in [-0.39, 0.29) is 0 Å². The Bertz CT molecular complexity index is 682. The van der Waals surface area contributed by atoms with Crippen LogP contribution in [0, 0.1) is 6.92 Å². The highest BCUT2D eigenvalue weighted by Gasteiger charge is 2.11. The fraction of sp³-hybridized carbons (Fsp3) is 0.333. The molecule has 0 aliphatic carbocycles. The molecule has 118 valence electrons. The van der Waals surface area contributed by atoms with Gasteiger partial charge in [0.2, 0.25) is 5.95 Å². The van der Waals surface area contributed by atoms with Crippen LogP contribution >= 0.6 is 11.6 Å². The third kappa shape index (κ3) is 3.71. The molecule has 0 aliphatic heterocycles. The van der Waals surface area contributed by atoms with Crippen molar-refractivity contribution in [1.82, 2.24) is 9.66 Å². The van der Waals surface area contributed by atoms with Gasteiger partial charge in [0, 0.05) is 0 Å². The van der Waals surface area contributed by atoms with Crippen molar-refractivity contribution in [2.45, 2.75) is 20.8 Å². The lowest BCUT2D eigenvalue weighted by molar-refractivity contribution is 0.288. The Labute approximate surface area is 134 Å². The molecule has 6 nitrogen and oxygen atoms in total. The molecule has 2 N–H and O–H groups in total. The zero-order valence-corrected chi connectivity index (χ0v) is 13.6. The van der Waals surface area contributed by atoms with Crippen LogP contribution in [0.2, 0.25) is 5.02 Å². The topological polar surface area (TPSA) is 74.7 Å². The Balaban J connectivity index is 2.33. The lowest BCUT2D eigenvalue weighted by atomic mass is 10.2. The number of benzene rings is 1. The van der Waals surface area contributed by atoms with Crippen molar-refractivity contribution >= 4 is 23.8 Å². The van der Waals surface area contributed by atoms with E-state index < -0.39 is 0 Å². The largest absolute Gasteiger partial charge is 0.490 e. The van der Waals surface area contributed by atoms with E-state index in [1.165, 1.54) is 4.68 Å². The molecule has 0 fully saturated rings. The number of hydrogen-bond acceptors (Lipinski definition) is 5. The third-order valence-electron chi connectivity index (χ3n) is 2.79. The second-order valence-corrected chi connectivity index (χ2v) is 4.93. The molecule has 2 aromatic rings. The minimum absolute atomic E-state index is 0.329. The lowest BCUT2D eigenvalue weighted by Gasteiger charge is -2.13. The van der Waals surface area contributed by atoms with E-state index >= 15 is 0 Å². The summed E-state index contributed by atoms with van der Waals surface area (Å²) in [5.74, 6) is 1.46. The summed E-state index contributed by atoms with van der Waals surface area (Å²) in [5.41, 5.74) is 7.32. The van der Waals surface area contributed by atoms with Gasteiger partial charge in [-0.05, 0) is 38.5 Å². The molecule has 0 saturated carbocycles. The van der Waals surface area contributed by atoms with Crippen molar-refractivity contribution in [2.75, 3.05) is 18.9 Å². The number of hydrogen-bond donors (Lipinski definition) is 1. The molecule has 0 bridgehead atoms. The molecular weight excluding hydrogens is 304 g/mol. The molecule has 1 aromatic heterocycles. The van der Waals surface area contributed by atoms with E-state index in [0.29, 0.717) is 35.7 Å². The summed E-state index contributed by atoms with van der Waals surface area (Å²) >= 11 is 6.26. The highest BCUT2D eigenvalue weighted by molar-refractivity contribution is 6.32. The summed E-state index contributed by atoms with van der Waals surface area (Å²) in [4.78, 5) is 4.08. The Morgan fingerprint density at radius 1 is 1.32 bits per heavy atom. The summed E-state index contributed by atoms with van der Waals surface area (Å²) < 4.78 is 12.6. The van der Waals surface area contributed by atoms with Crippen molar-refractivity contribution in [3.8, 4) is 11.5 Å². The highest BCUT2D eigenvalue weighted by Crippen LogP contribution is 2.36. The van der Waals surface area contributed by atoms with E-state index in [9.17, 15) is 0 Å². The van der Waals surface area contributed by atoms with E-state index in [2.05, 4.69) is 10.1 Å². The van der Waals surface area contributed by atoms with Gasteiger partial charge in [0.05, 0.1) is 36.3 Å². The first-order valence-corrected chi connectivity index (χ1v) is 7.37. The average Bonchev–Trinajstić information content (AvgIpc) is 2.79. The van der Waals surface area contributed by atoms with Crippen LogP contribution in [0.5, 0.6) is 11.5 Å². The number of ether oxygens (including phenoxy) is 2. The number of nitrogen functional groups attached to an aromatic ring is 1. The maximum absolute atomic E-state index is 6.26. The number of aryl methyl sites for hydroxylation is 1. The van der Waals surface area contributed by atoms with Crippen molar-refractivity contribution < 1.29 is 9.47 Å². The molecule has 2 rings (SSSR count). The van der Waals surface area contributed by atoms with Gasteiger partial charge in [-0.1, -0.05) is 11.6 Å². The van der Waals surface area contributed by atoms with E-state index in [1.807, 2.05) is 26.8 Å². The van der Waals surface area contributed by atoms with Gasteiger partial charge < -0.3 is 15.2 Å². The highest BCUT2D eigenvalue weighted by atomic mass is 35.5. The van der Waals surface area contributed by atoms with Crippen LogP contribution in [0.1, 0.15) is 25.1 Å². The standard InChI is InChI=1S/C15H19ClN4O2/c1-4-21-13-7-11(6-12(16)14(13)22-5-2)8-18-20-9-10(3)19-15(20)17/h6-9H,4-5H2,1-3H3,(H2,17,19). The van der Waals surface area contributed by atoms with Gasteiger partial charge in [-0.25, -0.2) is 9.66 Å². The SMILES string of the molecule is CCOc1cc(C=Nn2cc(C)nc2N)cc(Cl)c1OCC. The van der Waals surface area contributed by atoms with Crippen LogP contribution in [0.15, 0.2) is 23.4 Å². The predicted octanol–water partition coefficient (Wildman–Crippen LogP) is 3.11. The number of anilines is 1. The third-order valence-corrected chi connectivity index (χ3v) is 3.07. The summed E-state index contributed by atoms with van der Waals surface area (Å²) in [6, 6.07) is 3.59. The van der Waals surface area contributed by atoms with Gasteiger partial charge >= 0.3 is 0 Å². The predicted molar refractivity (Wildman–Crippen MR) is 88.2 cm³/mol. The van der Waals surface area contributed by atoms with Gasteiger partial charge in [0.1, 0.15) is 0 Å². The molecular formula is C15H19ClN4O2. The number of aromatic nitrogens is 2. The van der Waals surface area contributed by atoms with Gasteiger partial charge in [-0.15, -0.1) is 0 Å². The maximum atomic E-state index is 6.26. The van der Waals surface area contributed by atoms with Gasteiger partial charge in [0.25, 0.3) is 0 Å². The van der Waals surface area contributed by atoms with Gasteiger partial charge in [-0.2, -0.15) is 5.10 Å². The van der Waals surface area contributed by atoms with Gasteiger partial charge in [0.15, 0.2) is 11.5 Å². The molecule has 0 spiro atoms.